The molecule has 5 aromatic carbocycles. The van der Waals surface area contributed by atoms with Crippen molar-refractivity contribution < 1.29 is 0 Å². The third-order valence-corrected chi connectivity index (χ3v) is 12.2. The lowest BCUT2D eigenvalue weighted by Gasteiger charge is -2.33. The van der Waals surface area contributed by atoms with Crippen molar-refractivity contribution in [3.63, 3.8) is 0 Å². The van der Waals surface area contributed by atoms with Gasteiger partial charge >= 0.3 is 0 Å². The molecule has 2 nitrogen and oxygen atoms in total. The van der Waals surface area contributed by atoms with Crippen molar-refractivity contribution in [3.8, 4) is 27.9 Å². The lowest BCUT2D eigenvalue weighted by atomic mass is 9.74. The number of benzene rings is 5. The normalized spacial score (nSPS) is 20.6. The number of aromatic nitrogens is 1. The van der Waals surface area contributed by atoms with E-state index in [9.17, 15) is 0 Å². The lowest BCUT2D eigenvalue weighted by molar-refractivity contribution is 0.568. The molecule has 2 atom stereocenters. The summed E-state index contributed by atoms with van der Waals surface area (Å²) < 4.78 is 2.40. The van der Waals surface area contributed by atoms with Crippen molar-refractivity contribution >= 4 is 27.5 Å². The summed E-state index contributed by atoms with van der Waals surface area (Å²) in [5, 5.41) is 2.58. The Kier molecular flexibility index (Phi) is 6.00. The zero-order valence-electron chi connectivity index (χ0n) is 29.0. The molecule has 11 rings (SSSR count). The van der Waals surface area contributed by atoms with Gasteiger partial charge in [-0.3, -0.25) is 0 Å². The van der Waals surface area contributed by atoms with E-state index < -0.39 is 0 Å². The van der Waals surface area contributed by atoms with Crippen LogP contribution >= 0.6 is 0 Å². The highest BCUT2D eigenvalue weighted by Gasteiger charge is 2.44. The van der Waals surface area contributed by atoms with E-state index in [1.54, 1.807) is 5.57 Å². The minimum Gasteiger partial charge on any atom is -0.314 e. The van der Waals surface area contributed by atoms with E-state index in [4.69, 9.17) is 0 Å². The van der Waals surface area contributed by atoms with Crippen LogP contribution in [0.25, 0.3) is 49.7 Å². The molecule has 0 saturated carbocycles. The third-order valence-electron chi connectivity index (χ3n) is 12.2. The van der Waals surface area contributed by atoms with E-state index in [2.05, 4.69) is 181 Å². The molecule has 2 heterocycles. The Morgan fingerprint density at radius 2 is 1.43 bits per heavy atom. The van der Waals surface area contributed by atoms with Crippen molar-refractivity contribution in [1.82, 2.24) is 4.57 Å². The first-order valence-electron chi connectivity index (χ1n) is 18.4. The van der Waals surface area contributed by atoms with Gasteiger partial charge in [0, 0.05) is 50.8 Å². The monoisotopic (exact) mass is 654 g/mol. The first-order valence-corrected chi connectivity index (χ1v) is 18.4. The molecule has 4 aliphatic carbocycles. The topological polar surface area (TPSA) is 8.17 Å². The van der Waals surface area contributed by atoms with Crippen LogP contribution in [-0.2, 0) is 5.41 Å². The average molecular weight is 655 g/mol. The van der Waals surface area contributed by atoms with Crippen LogP contribution in [0.5, 0.6) is 0 Å². The second kappa shape index (κ2) is 10.6. The highest BCUT2D eigenvalue weighted by atomic mass is 15.2. The van der Waals surface area contributed by atoms with Gasteiger partial charge in [0.05, 0.1) is 11.0 Å². The standard InChI is InChI=1S/C49H38N2/c1-49(2)41-18-11-17-35(32-22-25-33(26-23-32)50-43-19-8-5-14-37(43)38-15-6-9-20-44(38)50)47(41)39-28-27-34(30-42(39)49)51-45-21-10-7-16-40(45)48-36-13-4-3-12-31(36)24-29-46(48)51/h3-6,8-15,17-30,36,48H,7,16H2,1-2H3. The van der Waals surface area contributed by atoms with Gasteiger partial charge < -0.3 is 9.47 Å². The molecule has 1 aliphatic heterocycles. The van der Waals surface area contributed by atoms with Crippen LogP contribution in [0, 0.1) is 11.8 Å². The van der Waals surface area contributed by atoms with Gasteiger partial charge in [-0.05, 0) is 106 Å². The Balaban J connectivity index is 1.01. The second-order valence-corrected chi connectivity index (χ2v) is 15.2. The SMILES string of the molecule is CC1(C)c2cc(N3C4=CC=C5C=CC=CC5C4C4=C3C=CCC4)ccc2-c2c(-c3ccc(-n4c5ccccc5c5ccccc54)cc3)cccc21. The minimum atomic E-state index is -0.122. The molecule has 1 aromatic heterocycles. The van der Waals surface area contributed by atoms with Crippen molar-refractivity contribution in [2.75, 3.05) is 4.90 Å². The van der Waals surface area contributed by atoms with Crippen LogP contribution in [0.1, 0.15) is 37.8 Å². The number of nitrogens with zero attached hydrogens (tertiary/aromatic N) is 2. The Hall–Kier alpha value is -5.86. The van der Waals surface area contributed by atoms with E-state index in [1.807, 2.05) is 0 Å². The molecule has 0 N–H and O–H groups in total. The van der Waals surface area contributed by atoms with Crippen LogP contribution in [0.3, 0.4) is 0 Å². The molecule has 2 unspecified atom stereocenters. The Labute approximate surface area is 299 Å². The summed E-state index contributed by atoms with van der Waals surface area (Å²) in [5.41, 5.74) is 18.7. The molecule has 0 radical (unpaired) electrons. The van der Waals surface area contributed by atoms with Gasteiger partial charge in [0.2, 0.25) is 0 Å². The minimum absolute atomic E-state index is 0.122. The fraction of sp³-hybridized carbons (Fsp3) is 0.143. The van der Waals surface area contributed by atoms with Gasteiger partial charge in [-0.25, -0.2) is 0 Å². The molecular weight excluding hydrogens is 617 g/mol. The summed E-state index contributed by atoms with van der Waals surface area (Å²) in [6.07, 6.45) is 20.9. The number of allylic oxidation sites excluding steroid dienone is 10. The summed E-state index contributed by atoms with van der Waals surface area (Å²) in [6.45, 7) is 4.81. The zero-order chi connectivity index (χ0) is 33.8. The molecule has 0 amide bonds. The van der Waals surface area contributed by atoms with Crippen LogP contribution < -0.4 is 4.90 Å². The fourth-order valence-electron chi connectivity index (χ4n) is 9.90. The highest BCUT2D eigenvalue weighted by Crippen LogP contribution is 2.56. The van der Waals surface area contributed by atoms with Crippen LogP contribution in [0.4, 0.5) is 5.69 Å². The van der Waals surface area contributed by atoms with Gasteiger partial charge in [0.25, 0.3) is 0 Å². The maximum absolute atomic E-state index is 2.57. The largest absolute Gasteiger partial charge is 0.314 e. The molecule has 0 spiro atoms. The average Bonchev–Trinajstić information content (AvgIpc) is 3.78. The van der Waals surface area contributed by atoms with Gasteiger partial charge in [0.1, 0.15) is 0 Å². The van der Waals surface area contributed by atoms with E-state index in [0.717, 1.165) is 12.8 Å². The molecular formula is C49H38N2. The van der Waals surface area contributed by atoms with Crippen LogP contribution in [-0.4, -0.2) is 4.57 Å². The molecule has 2 heteroatoms. The molecule has 5 aliphatic rings. The summed E-state index contributed by atoms with van der Waals surface area (Å²) >= 11 is 0. The van der Waals surface area contributed by atoms with Gasteiger partial charge in [-0.15, -0.1) is 0 Å². The molecule has 51 heavy (non-hydrogen) atoms. The van der Waals surface area contributed by atoms with Crippen molar-refractivity contribution in [2.45, 2.75) is 32.1 Å². The molecule has 6 aromatic rings. The first-order chi connectivity index (χ1) is 25.1. The highest BCUT2D eigenvalue weighted by molar-refractivity contribution is 6.09. The fourth-order valence-corrected chi connectivity index (χ4v) is 9.90. The van der Waals surface area contributed by atoms with Crippen LogP contribution in [0.2, 0.25) is 0 Å². The summed E-state index contributed by atoms with van der Waals surface area (Å²) in [6, 6.07) is 40.9. The van der Waals surface area contributed by atoms with Crippen molar-refractivity contribution in [2.24, 2.45) is 11.8 Å². The zero-order valence-corrected chi connectivity index (χ0v) is 29.0. The summed E-state index contributed by atoms with van der Waals surface area (Å²) in [7, 11) is 0. The third kappa shape index (κ3) is 3.99. The smallest absolute Gasteiger partial charge is 0.0541 e. The number of para-hydroxylation sites is 2. The molecule has 0 bridgehead atoms. The maximum atomic E-state index is 2.57. The molecule has 244 valence electrons. The summed E-state index contributed by atoms with van der Waals surface area (Å²) in [5.74, 6) is 0.817. The second-order valence-electron chi connectivity index (χ2n) is 15.2. The van der Waals surface area contributed by atoms with E-state index in [-0.39, 0.29) is 5.41 Å². The van der Waals surface area contributed by atoms with Gasteiger partial charge in [-0.2, -0.15) is 0 Å². The van der Waals surface area contributed by atoms with Crippen LogP contribution in [0.15, 0.2) is 180 Å². The van der Waals surface area contributed by atoms with Crippen molar-refractivity contribution in [3.05, 3.63) is 191 Å². The molecule has 0 saturated heterocycles. The summed E-state index contributed by atoms with van der Waals surface area (Å²) in [4.78, 5) is 2.57. The molecule has 0 fully saturated rings. The predicted octanol–water partition coefficient (Wildman–Crippen LogP) is 12.4. The first kappa shape index (κ1) is 28.9. The Morgan fingerprint density at radius 1 is 0.667 bits per heavy atom. The van der Waals surface area contributed by atoms with E-state index >= 15 is 0 Å². The number of hydrogen-bond donors (Lipinski definition) is 0. The van der Waals surface area contributed by atoms with Gasteiger partial charge in [-0.1, -0.05) is 123 Å². The lowest BCUT2D eigenvalue weighted by Crippen LogP contribution is -2.26. The number of fused-ring (bicyclic) bond motifs is 10. The number of hydrogen-bond acceptors (Lipinski definition) is 1. The number of anilines is 1. The van der Waals surface area contributed by atoms with Crippen molar-refractivity contribution in [1.29, 1.82) is 0 Å². The van der Waals surface area contributed by atoms with E-state index in [0.29, 0.717) is 11.8 Å². The Morgan fingerprint density at radius 3 is 2.24 bits per heavy atom. The number of rotatable bonds is 3. The quantitative estimate of drug-likeness (QED) is 0.184. The Bertz CT molecular complexity index is 2610. The predicted molar refractivity (Wildman–Crippen MR) is 213 cm³/mol. The maximum Gasteiger partial charge on any atom is 0.0541 e. The van der Waals surface area contributed by atoms with Gasteiger partial charge in [0.15, 0.2) is 0 Å². The van der Waals surface area contributed by atoms with E-state index in [1.165, 1.54) is 83.5 Å².